The molecule has 0 aliphatic carbocycles. The third kappa shape index (κ3) is 4.40. The standard InChI is InChI=1S/C24H26FN5O2/c1-26-28-24(30(11-12-31-2)20-8-10-23(32-3)27-14-20)29-15-18(16-29)21-6-4-5-17-13-19(25)7-9-22(17)21/h4-10,13-14,18H,1,11-12,15-16H2,2-3H3/b28-24-. The van der Waals surface area contributed by atoms with Crippen LogP contribution < -0.4 is 9.64 Å². The summed E-state index contributed by atoms with van der Waals surface area (Å²) in [5, 5.41) is 10.1. The topological polar surface area (TPSA) is 62.6 Å². The predicted octanol–water partition coefficient (Wildman–Crippen LogP) is 3.91. The smallest absolute Gasteiger partial charge is 0.226 e. The minimum absolute atomic E-state index is 0.224. The van der Waals surface area contributed by atoms with Crippen LogP contribution in [0.4, 0.5) is 10.1 Å². The Hall–Kier alpha value is -3.52. The first-order chi connectivity index (χ1) is 15.6. The molecule has 1 aromatic heterocycles. The van der Waals surface area contributed by atoms with Crippen molar-refractivity contribution < 1.29 is 13.9 Å². The Morgan fingerprint density at radius 3 is 2.75 bits per heavy atom. The second-order valence-corrected chi connectivity index (χ2v) is 7.56. The molecule has 166 valence electrons. The quantitative estimate of drug-likeness (QED) is 0.320. The van der Waals surface area contributed by atoms with E-state index in [9.17, 15) is 4.39 Å². The fourth-order valence-electron chi connectivity index (χ4n) is 4.01. The van der Waals surface area contributed by atoms with Gasteiger partial charge >= 0.3 is 0 Å². The van der Waals surface area contributed by atoms with E-state index >= 15 is 0 Å². The van der Waals surface area contributed by atoms with Gasteiger partial charge in [-0.15, -0.1) is 5.10 Å². The zero-order valence-electron chi connectivity index (χ0n) is 18.2. The highest BCUT2D eigenvalue weighted by molar-refractivity contribution is 5.97. The Labute approximate surface area is 186 Å². The highest BCUT2D eigenvalue weighted by atomic mass is 19.1. The molecular weight excluding hydrogens is 409 g/mol. The van der Waals surface area contributed by atoms with E-state index in [1.807, 2.05) is 35.2 Å². The number of hydrogen-bond donors (Lipinski definition) is 0. The monoisotopic (exact) mass is 435 g/mol. The SMILES string of the molecule is C=N/N=C(/N1CC(c2cccc3cc(F)ccc23)C1)N(CCOC)c1ccc(OC)nc1. The number of halogens is 1. The van der Waals surface area contributed by atoms with Gasteiger partial charge in [-0.25, -0.2) is 9.37 Å². The number of aromatic nitrogens is 1. The van der Waals surface area contributed by atoms with Gasteiger partial charge in [-0.2, -0.15) is 5.10 Å². The van der Waals surface area contributed by atoms with Crippen LogP contribution in [0.5, 0.6) is 5.88 Å². The molecule has 0 N–H and O–H groups in total. The Morgan fingerprint density at radius 1 is 1.22 bits per heavy atom. The highest BCUT2D eigenvalue weighted by Gasteiger charge is 2.34. The van der Waals surface area contributed by atoms with Crippen LogP contribution in [-0.2, 0) is 4.74 Å². The molecule has 7 nitrogen and oxygen atoms in total. The maximum Gasteiger partial charge on any atom is 0.226 e. The van der Waals surface area contributed by atoms with Crippen LogP contribution in [0.1, 0.15) is 11.5 Å². The molecule has 8 heteroatoms. The summed E-state index contributed by atoms with van der Waals surface area (Å²) in [5.41, 5.74) is 2.06. The van der Waals surface area contributed by atoms with Gasteiger partial charge in [-0.1, -0.05) is 24.3 Å². The normalized spacial score (nSPS) is 14.3. The molecule has 2 heterocycles. The number of likely N-dealkylation sites (tertiary alicyclic amines) is 1. The maximum atomic E-state index is 13.6. The minimum atomic E-state index is -0.224. The summed E-state index contributed by atoms with van der Waals surface area (Å²) in [5.74, 6) is 1.31. The van der Waals surface area contributed by atoms with Gasteiger partial charge in [-0.05, 0) is 34.5 Å². The number of pyridine rings is 1. The van der Waals surface area contributed by atoms with Crippen molar-refractivity contribution >= 4 is 29.1 Å². The number of hydrogen-bond acceptors (Lipinski definition) is 5. The molecule has 0 spiro atoms. The number of nitrogens with zero attached hydrogens (tertiary/aromatic N) is 5. The van der Waals surface area contributed by atoms with Crippen LogP contribution >= 0.6 is 0 Å². The molecule has 1 aliphatic heterocycles. The zero-order chi connectivity index (χ0) is 22.5. The van der Waals surface area contributed by atoms with Crippen LogP contribution in [0.2, 0.25) is 0 Å². The second kappa shape index (κ2) is 9.74. The van der Waals surface area contributed by atoms with E-state index in [2.05, 4.69) is 32.9 Å². The average Bonchev–Trinajstić information content (AvgIpc) is 2.78. The number of methoxy groups -OCH3 is 2. The third-order valence-corrected chi connectivity index (χ3v) is 5.64. The van der Waals surface area contributed by atoms with E-state index in [4.69, 9.17) is 9.47 Å². The lowest BCUT2D eigenvalue weighted by Crippen LogP contribution is -2.55. The van der Waals surface area contributed by atoms with Crippen molar-refractivity contribution in [1.29, 1.82) is 0 Å². The van der Waals surface area contributed by atoms with Crippen LogP contribution in [0.15, 0.2) is 64.9 Å². The van der Waals surface area contributed by atoms with Gasteiger partial charge in [0.05, 0.1) is 25.6 Å². The minimum Gasteiger partial charge on any atom is -0.481 e. The van der Waals surface area contributed by atoms with E-state index in [1.54, 1.807) is 26.5 Å². The molecule has 0 amide bonds. The van der Waals surface area contributed by atoms with Crippen molar-refractivity contribution in [2.24, 2.45) is 10.2 Å². The van der Waals surface area contributed by atoms with Crippen molar-refractivity contribution in [2.45, 2.75) is 5.92 Å². The zero-order valence-corrected chi connectivity index (χ0v) is 18.2. The summed E-state index contributed by atoms with van der Waals surface area (Å²) in [6.07, 6.45) is 1.74. The van der Waals surface area contributed by atoms with Crippen molar-refractivity contribution in [3.8, 4) is 5.88 Å². The summed E-state index contributed by atoms with van der Waals surface area (Å²) in [6, 6.07) is 14.7. The van der Waals surface area contributed by atoms with E-state index in [0.717, 1.165) is 29.5 Å². The summed E-state index contributed by atoms with van der Waals surface area (Å²) in [7, 11) is 3.25. The highest BCUT2D eigenvalue weighted by Crippen LogP contribution is 2.34. The molecule has 0 radical (unpaired) electrons. The van der Waals surface area contributed by atoms with E-state index in [1.165, 1.54) is 11.6 Å². The van der Waals surface area contributed by atoms with E-state index in [-0.39, 0.29) is 5.82 Å². The number of anilines is 1. The molecule has 1 saturated heterocycles. The van der Waals surface area contributed by atoms with Crippen molar-refractivity contribution in [2.75, 3.05) is 45.4 Å². The Kier molecular flexibility index (Phi) is 6.61. The largest absolute Gasteiger partial charge is 0.481 e. The third-order valence-electron chi connectivity index (χ3n) is 5.64. The molecule has 0 bridgehead atoms. The number of benzene rings is 2. The first kappa shape index (κ1) is 21.7. The Bertz CT molecular complexity index is 1110. The van der Waals surface area contributed by atoms with Gasteiger partial charge in [0.15, 0.2) is 0 Å². The Balaban J connectivity index is 1.58. The second-order valence-electron chi connectivity index (χ2n) is 7.56. The number of fused-ring (bicyclic) bond motifs is 1. The summed E-state index contributed by atoms with van der Waals surface area (Å²) < 4.78 is 24.1. The molecule has 0 saturated carbocycles. The molecule has 4 rings (SSSR count). The van der Waals surface area contributed by atoms with Crippen LogP contribution in [0.25, 0.3) is 10.8 Å². The van der Waals surface area contributed by atoms with E-state index in [0.29, 0.717) is 30.9 Å². The fourth-order valence-corrected chi connectivity index (χ4v) is 4.01. The maximum absolute atomic E-state index is 13.6. The summed E-state index contributed by atoms with van der Waals surface area (Å²) in [4.78, 5) is 8.49. The molecule has 2 aromatic carbocycles. The van der Waals surface area contributed by atoms with Crippen LogP contribution in [0.3, 0.4) is 0 Å². The van der Waals surface area contributed by atoms with Gasteiger partial charge in [0.1, 0.15) is 5.82 Å². The predicted molar refractivity (Wildman–Crippen MR) is 125 cm³/mol. The van der Waals surface area contributed by atoms with Gasteiger partial charge in [-0.3, -0.25) is 0 Å². The molecule has 1 aliphatic rings. The lowest BCUT2D eigenvalue weighted by molar-refractivity contribution is 0.204. The lowest BCUT2D eigenvalue weighted by Gasteiger charge is -2.44. The molecule has 3 aromatic rings. The number of rotatable bonds is 7. The van der Waals surface area contributed by atoms with Crippen molar-refractivity contribution in [3.05, 3.63) is 66.1 Å². The summed E-state index contributed by atoms with van der Waals surface area (Å²) in [6.45, 7) is 6.17. The molecule has 0 unspecified atom stereocenters. The van der Waals surface area contributed by atoms with Gasteiger partial charge in [0, 0.05) is 45.4 Å². The number of ether oxygens (including phenoxy) is 2. The first-order valence-electron chi connectivity index (χ1n) is 10.4. The van der Waals surface area contributed by atoms with Crippen molar-refractivity contribution in [3.63, 3.8) is 0 Å². The molecule has 32 heavy (non-hydrogen) atoms. The number of guanidine groups is 1. The van der Waals surface area contributed by atoms with Crippen molar-refractivity contribution in [1.82, 2.24) is 9.88 Å². The average molecular weight is 436 g/mol. The Morgan fingerprint density at radius 2 is 2.06 bits per heavy atom. The van der Waals surface area contributed by atoms with Crippen LogP contribution in [-0.4, -0.2) is 63.0 Å². The van der Waals surface area contributed by atoms with Crippen LogP contribution in [0, 0.1) is 5.82 Å². The summed E-state index contributed by atoms with van der Waals surface area (Å²) >= 11 is 0. The van der Waals surface area contributed by atoms with E-state index < -0.39 is 0 Å². The van der Waals surface area contributed by atoms with Gasteiger partial charge < -0.3 is 19.3 Å². The molecule has 0 atom stereocenters. The van der Waals surface area contributed by atoms with Gasteiger partial charge in [0.2, 0.25) is 11.8 Å². The molecule has 1 fully saturated rings. The fraction of sp³-hybridized carbons (Fsp3) is 0.292. The van der Waals surface area contributed by atoms with Gasteiger partial charge in [0.25, 0.3) is 0 Å². The molecular formula is C24H26FN5O2. The lowest BCUT2D eigenvalue weighted by atomic mass is 9.88. The first-order valence-corrected chi connectivity index (χ1v) is 10.4.